The summed E-state index contributed by atoms with van der Waals surface area (Å²) in [6, 6.07) is 3.36. The molecule has 1 amide bonds. The molecule has 0 bridgehead atoms. The van der Waals surface area contributed by atoms with Crippen LogP contribution in [0.4, 0.5) is 0 Å². The maximum Gasteiger partial charge on any atom is 0.305 e. The molecule has 0 unspecified atom stereocenters. The van der Waals surface area contributed by atoms with Crippen molar-refractivity contribution in [3.8, 4) is 5.88 Å². The van der Waals surface area contributed by atoms with E-state index in [0.717, 1.165) is 12.8 Å². The Kier molecular flexibility index (Phi) is 5.53. The fraction of sp³-hybridized carbons (Fsp3) is 0.611. The van der Waals surface area contributed by atoms with E-state index in [2.05, 4.69) is 10.3 Å². The minimum absolute atomic E-state index is 0.113. The molecule has 0 radical (unpaired) electrons. The van der Waals surface area contributed by atoms with E-state index < -0.39 is 11.5 Å². The molecule has 7 heteroatoms. The Labute approximate surface area is 146 Å². The fourth-order valence-electron chi connectivity index (χ4n) is 3.47. The number of carboxylic acids is 1. The lowest BCUT2D eigenvalue weighted by Crippen LogP contribution is -2.53. The lowest BCUT2D eigenvalue weighted by atomic mass is 9.86. The average Bonchev–Trinajstić information content (AvgIpc) is 3.08. The summed E-state index contributed by atoms with van der Waals surface area (Å²) >= 11 is 0. The maximum absolute atomic E-state index is 12.5. The van der Waals surface area contributed by atoms with E-state index in [1.54, 1.807) is 12.1 Å². The zero-order chi connectivity index (χ0) is 17.7. The second-order valence-electron chi connectivity index (χ2n) is 6.83. The smallest absolute Gasteiger partial charge is 0.305 e. The first-order valence-corrected chi connectivity index (χ1v) is 8.81. The van der Waals surface area contributed by atoms with Gasteiger partial charge in [0, 0.05) is 25.5 Å². The van der Waals surface area contributed by atoms with Crippen molar-refractivity contribution in [1.82, 2.24) is 10.3 Å². The summed E-state index contributed by atoms with van der Waals surface area (Å²) in [7, 11) is 0. The van der Waals surface area contributed by atoms with E-state index in [1.165, 1.54) is 19.0 Å². The number of hydrogen-bond acceptors (Lipinski definition) is 5. The van der Waals surface area contributed by atoms with E-state index >= 15 is 0 Å². The van der Waals surface area contributed by atoms with E-state index in [0.29, 0.717) is 37.5 Å². The lowest BCUT2D eigenvalue weighted by Gasteiger charge is -2.36. The van der Waals surface area contributed by atoms with Gasteiger partial charge in [-0.05, 0) is 44.6 Å². The highest BCUT2D eigenvalue weighted by Gasteiger charge is 2.36. The Balaban J connectivity index is 1.63. The van der Waals surface area contributed by atoms with Crippen molar-refractivity contribution >= 4 is 11.9 Å². The van der Waals surface area contributed by atoms with Crippen LogP contribution in [-0.4, -0.2) is 46.8 Å². The van der Waals surface area contributed by atoms with Crippen LogP contribution in [0.5, 0.6) is 5.88 Å². The fourth-order valence-corrected chi connectivity index (χ4v) is 3.47. The Hall–Kier alpha value is -2.15. The van der Waals surface area contributed by atoms with Crippen LogP contribution in [0.1, 0.15) is 55.3 Å². The third kappa shape index (κ3) is 4.69. The van der Waals surface area contributed by atoms with Gasteiger partial charge in [0.1, 0.15) is 6.10 Å². The molecule has 2 heterocycles. The minimum atomic E-state index is -0.930. The Morgan fingerprint density at radius 2 is 2.00 bits per heavy atom. The first-order valence-electron chi connectivity index (χ1n) is 8.81. The summed E-state index contributed by atoms with van der Waals surface area (Å²) in [5.74, 6) is -0.724. The molecule has 2 fully saturated rings. The first kappa shape index (κ1) is 17.7. The van der Waals surface area contributed by atoms with Gasteiger partial charge in [-0.1, -0.05) is 0 Å². The number of hydrogen-bond donors (Lipinski definition) is 2. The molecular formula is C18H24N2O5. The Morgan fingerprint density at radius 3 is 2.60 bits per heavy atom. The van der Waals surface area contributed by atoms with Crippen molar-refractivity contribution in [2.45, 2.75) is 56.6 Å². The van der Waals surface area contributed by atoms with E-state index in [4.69, 9.17) is 14.6 Å². The number of pyridine rings is 1. The number of amides is 1. The van der Waals surface area contributed by atoms with Crippen LogP contribution in [0.3, 0.4) is 0 Å². The number of aromatic nitrogens is 1. The number of carboxylic acid groups (broad SMARTS) is 1. The number of nitrogens with one attached hydrogen (secondary N) is 1. The van der Waals surface area contributed by atoms with Crippen molar-refractivity contribution in [3.63, 3.8) is 0 Å². The molecule has 2 aliphatic rings. The molecule has 7 nitrogen and oxygen atoms in total. The summed E-state index contributed by atoms with van der Waals surface area (Å²) in [6.45, 7) is 0.889. The van der Waals surface area contributed by atoms with Crippen LogP contribution >= 0.6 is 0 Å². The third-order valence-electron chi connectivity index (χ3n) is 4.91. The molecule has 136 valence electrons. The minimum Gasteiger partial charge on any atom is -0.481 e. The molecule has 0 spiro atoms. The van der Waals surface area contributed by atoms with E-state index in [-0.39, 0.29) is 18.4 Å². The highest BCUT2D eigenvalue weighted by molar-refractivity contribution is 5.94. The van der Waals surface area contributed by atoms with Crippen molar-refractivity contribution < 1.29 is 24.2 Å². The van der Waals surface area contributed by atoms with Crippen LogP contribution in [0.2, 0.25) is 0 Å². The summed E-state index contributed by atoms with van der Waals surface area (Å²) in [5, 5.41) is 12.1. The topological polar surface area (TPSA) is 97.8 Å². The second kappa shape index (κ2) is 7.82. The third-order valence-corrected chi connectivity index (χ3v) is 4.91. The van der Waals surface area contributed by atoms with Crippen LogP contribution < -0.4 is 10.1 Å². The molecule has 1 aromatic heterocycles. The number of carbonyl (C=O) groups excluding carboxylic acids is 1. The molecular weight excluding hydrogens is 324 g/mol. The lowest BCUT2D eigenvalue weighted by molar-refractivity contribution is -0.139. The van der Waals surface area contributed by atoms with Crippen molar-refractivity contribution in [1.29, 1.82) is 0 Å². The predicted molar refractivity (Wildman–Crippen MR) is 89.6 cm³/mol. The SMILES string of the molecule is O=C(O)CC1(NC(=O)c2ccc(OC3CCCC3)nc2)CCOCC1. The second-order valence-corrected chi connectivity index (χ2v) is 6.83. The van der Waals surface area contributed by atoms with Crippen LogP contribution in [0.25, 0.3) is 0 Å². The van der Waals surface area contributed by atoms with Gasteiger partial charge in [-0.15, -0.1) is 0 Å². The molecule has 3 rings (SSSR count). The van der Waals surface area contributed by atoms with E-state index in [1.807, 2.05) is 0 Å². The van der Waals surface area contributed by atoms with Gasteiger partial charge in [0.05, 0.1) is 17.5 Å². The normalized spacial score (nSPS) is 20.2. The largest absolute Gasteiger partial charge is 0.481 e. The van der Waals surface area contributed by atoms with Gasteiger partial charge in [-0.3, -0.25) is 9.59 Å². The number of rotatable bonds is 6. The molecule has 0 aromatic carbocycles. The highest BCUT2D eigenvalue weighted by atomic mass is 16.5. The average molecular weight is 348 g/mol. The van der Waals surface area contributed by atoms with Gasteiger partial charge in [0.25, 0.3) is 5.91 Å². The quantitative estimate of drug-likeness (QED) is 0.817. The van der Waals surface area contributed by atoms with Gasteiger partial charge >= 0.3 is 5.97 Å². The Morgan fingerprint density at radius 1 is 1.28 bits per heavy atom. The molecule has 1 saturated heterocycles. The summed E-state index contributed by atoms with van der Waals surface area (Å²) in [5.41, 5.74) is -0.366. The van der Waals surface area contributed by atoms with Crippen LogP contribution in [0.15, 0.2) is 18.3 Å². The maximum atomic E-state index is 12.5. The Bertz CT molecular complexity index is 604. The zero-order valence-corrected chi connectivity index (χ0v) is 14.2. The van der Waals surface area contributed by atoms with Crippen molar-refractivity contribution in [3.05, 3.63) is 23.9 Å². The number of ether oxygens (including phenoxy) is 2. The molecule has 0 atom stereocenters. The predicted octanol–water partition coefficient (Wildman–Crippen LogP) is 2.16. The molecule has 25 heavy (non-hydrogen) atoms. The first-order chi connectivity index (χ1) is 12.1. The molecule has 1 saturated carbocycles. The summed E-state index contributed by atoms with van der Waals surface area (Å²) in [4.78, 5) is 27.9. The number of aliphatic carboxylic acids is 1. The molecule has 1 aliphatic heterocycles. The molecule has 2 N–H and O–H groups in total. The van der Waals surface area contributed by atoms with Gasteiger partial charge in [0.2, 0.25) is 5.88 Å². The molecule has 1 aromatic rings. The highest BCUT2D eigenvalue weighted by Crippen LogP contribution is 2.26. The summed E-state index contributed by atoms with van der Waals surface area (Å²) in [6.07, 6.45) is 7.01. The number of carbonyl (C=O) groups is 2. The monoisotopic (exact) mass is 348 g/mol. The van der Waals surface area contributed by atoms with Gasteiger partial charge in [-0.2, -0.15) is 0 Å². The van der Waals surface area contributed by atoms with Crippen LogP contribution in [0, 0.1) is 0 Å². The van der Waals surface area contributed by atoms with Crippen molar-refractivity contribution in [2.24, 2.45) is 0 Å². The van der Waals surface area contributed by atoms with Gasteiger partial charge < -0.3 is 19.9 Å². The molecule has 1 aliphatic carbocycles. The van der Waals surface area contributed by atoms with Crippen molar-refractivity contribution in [2.75, 3.05) is 13.2 Å². The standard InChI is InChI=1S/C18H24N2O5/c21-16(22)11-18(7-9-24-10-8-18)20-17(23)13-5-6-15(19-12-13)25-14-3-1-2-4-14/h5-6,12,14H,1-4,7-11H2,(H,20,23)(H,21,22). The van der Waals surface area contributed by atoms with Crippen LogP contribution in [-0.2, 0) is 9.53 Å². The number of nitrogens with zero attached hydrogens (tertiary/aromatic N) is 1. The zero-order valence-electron chi connectivity index (χ0n) is 14.2. The van der Waals surface area contributed by atoms with Gasteiger partial charge in [0.15, 0.2) is 0 Å². The van der Waals surface area contributed by atoms with E-state index in [9.17, 15) is 9.59 Å². The summed E-state index contributed by atoms with van der Waals surface area (Å²) < 4.78 is 11.1. The van der Waals surface area contributed by atoms with Gasteiger partial charge in [-0.25, -0.2) is 4.98 Å².